The second-order valence-corrected chi connectivity index (χ2v) is 5.05. The van der Waals surface area contributed by atoms with E-state index in [9.17, 15) is 4.79 Å². The van der Waals surface area contributed by atoms with E-state index >= 15 is 0 Å². The van der Waals surface area contributed by atoms with Gasteiger partial charge >= 0.3 is 0 Å². The number of carbonyl (C=O) groups is 1. The maximum absolute atomic E-state index is 12.1. The molecule has 2 aromatic heterocycles. The Hall–Kier alpha value is -2.31. The van der Waals surface area contributed by atoms with Gasteiger partial charge in [0.05, 0.1) is 6.17 Å². The van der Waals surface area contributed by atoms with Crippen LogP contribution in [0.3, 0.4) is 0 Å². The van der Waals surface area contributed by atoms with Gasteiger partial charge in [0.1, 0.15) is 5.69 Å². The van der Waals surface area contributed by atoms with Gasteiger partial charge in [-0.15, -0.1) is 0 Å². The van der Waals surface area contributed by atoms with Gasteiger partial charge in [0.15, 0.2) is 0 Å². The van der Waals surface area contributed by atoms with E-state index in [-0.39, 0.29) is 18.1 Å². The van der Waals surface area contributed by atoms with E-state index in [0.29, 0.717) is 5.69 Å². The zero-order valence-corrected chi connectivity index (χ0v) is 11.7. The Balaban J connectivity index is 1.61. The largest absolute Gasteiger partial charge is 0.334 e. The molecule has 0 saturated carbocycles. The van der Waals surface area contributed by atoms with Crippen LogP contribution in [0.2, 0.25) is 0 Å². The molecule has 108 valence electrons. The van der Waals surface area contributed by atoms with E-state index in [2.05, 4.69) is 26.1 Å². The standard InChI is InChI=1S/C15H17N5O/c1-10-3-2-4-12(17-10)15(21)18-14-9-13(19-20-14)11-5-7-16-8-6-11/h2-8,13-14,19-20H,9H2,1H3,(H,18,21). The molecule has 1 amide bonds. The third-order valence-electron chi connectivity index (χ3n) is 3.44. The Kier molecular flexibility index (Phi) is 3.89. The van der Waals surface area contributed by atoms with Gasteiger partial charge in [-0.2, -0.15) is 0 Å². The van der Waals surface area contributed by atoms with E-state index in [1.807, 2.05) is 31.2 Å². The number of amides is 1. The average Bonchev–Trinajstić information content (AvgIpc) is 2.97. The monoisotopic (exact) mass is 283 g/mol. The van der Waals surface area contributed by atoms with E-state index in [0.717, 1.165) is 17.7 Å². The van der Waals surface area contributed by atoms with Crippen LogP contribution in [0.5, 0.6) is 0 Å². The van der Waals surface area contributed by atoms with Crippen LogP contribution in [0.15, 0.2) is 42.7 Å². The molecule has 21 heavy (non-hydrogen) atoms. The number of aryl methyl sites for hydroxylation is 1. The fourth-order valence-electron chi connectivity index (χ4n) is 2.37. The highest BCUT2D eigenvalue weighted by Crippen LogP contribution is 2.20. The molecule has 2 atom stereocenters. The summed E-state index contributed by atoms with van der Waals surface area (Å²) in [6.07, 6.45) is 4.17. The van der Waals surface area contributed by atoms with Gasteiger partial charge in [-0.3, -0.25) is 9.78 Å². The smallest absolute Gasteiger partial charge is 0.271 e. The van der Waals surface area contributed by atoms with Crippen molar-refractivity contribution < 1.29 is 4.79 Å². The molecule has 3 heterocycles. The summed E-state index contributed by atoms with van der Waals surface area (Å²) >= 11 is 0. The lowest BCUT2D eigenvalue weighted by atomic mass is 10.1. The quantitative estimate of drug-likeness (QED) is 0.785. The summed E-state index contributed by atoms with van der Waals surface area (Å²) in [5, 5.41) is 2.93. The topological polar surface area (TPSA) is 78.9 Å². The second kappa shape index (κ2) is 5.99. The first kappa shape index (κ1) is 13.7. The number of nitrogens with one attached hydrogen (secondary N) is 3. The summed E-state index contributed by atoms with van der Waals surface area (Å²) in [6.45, 7) is 1.87. The molecule has 0 radical (unpaired) electrons. The molecule has 1 saturated heterocycles. The normalized spacial score (nSPS) is 21.2. The van der Waals surface area contributed by atoms with E-state index in [4.69, 9.17) is 0 Å². The maximum Gasteiger partial charge on any atom is 0.271 e. The van der Waals surface area contributed by atoms with Crippen molar-refractivity contribution in [3.63, 3.8) is 0 Å². The zero-order chi connectivity index (χ0) is 14.7. The van der Waals surface area contributed by atoms with Crippen LogP contribution in [0.4, 0.5) is 0 Å². The molecule has 3 rings (SSSR count). The summed E-state index contributed by atoms with van der Waals surface area (Å²) in [4.78, 5) is 20.4. The number of hydrogen-bond donors (Lipinski definition) is 3. The van der Waals surface area contributed by atoms with Crippen molar-refractivity contribution in [3.8, 4) is 0 Å². The molecule has 6 nitrogen and oxygen atoms in total. The predicted octanol–water partition coefficient (Wildman–Crippen LogP) is 1.08. The number of carbonyl (C=O) groups excluding carboxylic acids is 1. The first-order valence-corrected chi connectivity index (χ1v) is 6.88. The van der Waals surface area contributed by atoms with Gasteiger partial charge in [-0.1, -0.05) is 6.07 Å². The molecule has 0 spiro atoms. The second-order valence-electron chi connectivity index (χ2n) is 5.05. The van der Waals surface area contributed by atoms with Crippen molar-refractivity contribution in [2.75, 3.05) is 0 Å². The molecule has 1 fully saturated rings. The minimum Gasteiger partial charge on any atom is -0.334 e. The minimum absolute atomic E-state index is 0.127. The third kappa shape index (κ3) is 3.24. The van der Waals surface area contributed by atoms with Crippen LogP contribution in [0.1, 0.15) is 34.2 Å². The lowest BCUT2D eigenvalue weighted by Crippen LogP contribution is -2.44. The van der Waals surface area contributed by atoms with E-state index in [1.54, 1.807) is 18.5 Å². The molecule has 6 heteroatoms. The molecule has 2 unspecified atom stereocenters. The molecule has 1 aliphatic heterocycles. The summed E-state index contributed by atoms with van der Waals surface area (Å²) < 4.78 is 0. The summed E-state index contributed by atoms with van der Waals surface area (Å²) in [6, 6.07) is 9.49. The highest BCUT2D eigenvalue weighted by atomic mass is 16.2. The summed E-state index contributed by atoms with van der Waals surface area (Å²) in [5.74, 6) is -0.173. The van der Waals surface area contributed by atoms with Crippen molar-refractivity contribution in [3.05, 3.63) is 59.7 Å². The van der Waals surface area contributed by atoms with Crippen molar-refractivity contribution in [2.45, 2.75) is 25.6 Å². The van der Waals surface area contributed by atoms with E-state index in [1.165, 1.54) is 0 Å². The minimum atomic E-state index is -0.173. The van der Waals surface area contributed by atoms with Crippen LogP contribution < -0.4 is 16.2 Å². The fourth-order valence-corrected chi connectivity index (χ4v) is 2.37. The van der Waals surface area contributed by atoms with Gasteiger partial charge in [0.25, 0.3) is 5.91 Å². The van der Waals surface area contributed by atoms with E-state index < -0.39 is 0 Å². The number of hydrazine groups is 1. The first-order valence-electron chi connectivity index (χ1n) is 6.88. The van der Waals surface area contributed by atoms with Gasteiger partial charge in [-0.05, 0) is 36.8 Å². The molecule has 0 aromatic carbocycles. The Morgan fingerprint density at radius 2 is 2.05 bits per heavy atom. The molecular formula is C15H17N5O. The molecule has 3 N–H and O–H groups in total. The SMILES string of the molecule is Cc1cccc(C(=O)NC2CC(c3ccncc3)NN2)n1. The third-order valence-corrected chi connectivity index (χ3v) is 3.44. The Bertz CT molecular complexity index is 631. The predicted molar refractivity (Wildman–Crippen MR) is 78.1 cm³/mol. The van der Waals surface area contributed by atoms with Crippen molar-refractivity contribution in [1.29, 1.82) is 0 Å². The Morgan fingerprint density at radius 3 is 2.81 bits per heavy atom. The Labute approximate surface area is 123 Å². The van der Waals surface area contributed by atoms with Crippen molar-refractivity contribution in [1.82, 2.24) is 26.1 Å². The average molecular weight is 283 g/mol. The fraction of sp³-hybridized carbons (Fsp3) is 0.267. The lowest BCUT2D eigenvalue weighted by Gasteiger charge is -2.12. The van der Waals surface area contributed by atoms with Crippen molar-refractivity contribution >= 4 is 5.91 Å². The van der Waals surface area contributed by atoms with Crippen LogP contribution in [-0.4, -0.2) is 22.0 Å². The molecular weight excluding hydrogens is 266 g/mol. The Morgan fingerprint density at radius 1 is 1.24 bits per heavy atom. The number of aromatic nitrogens is 2. The molecule has 0 bridgehead atoms. The highest BCUT2D eigenvalue weighted by molar-refractivity contribution is 5.92. The molecule has 1 aliphatic rings. The van der Waals surface area contributed by atoms with Gasteiger partial charge in [-0.25, -0.2) is 15.8 Å². The first-order chi connectivity index (χ1) is 10.2. The maximum atomic E-state index is 12.1. The van der Waals surface area contributed by atoms with Gasteiger partial charge < -0.3 is 5.32 Å². The van der Waals surface area contributed by atoms with Gasteiger partial charge in [0.2, 0.25) is 0 Å². The van der Waals surface area contributed by atoms with Crippen LogP contribution in [0, 0.1) is 6.92 Å². The number of pyridine rings is 2. The van der Waals surface area contributed by atoms with Crippen LogP contribution in [0.25, 0.3) is 0 Å². The number of nitrogens with zero attached hydrogens (tertiary/aromatic N) is 2. The van der Waals surface area contributed by atoms with Crippen LogP contribution in [-0.2, 0) is 0 Å². The zero-order valence-electron chi connectivity index (χ0n) is 11.7. The highest BCUT2D eigenvalue weighted by Gasteiger charge is 2.26. The lowest BCUT2D eigenvalue weighted by molar-refractivity contribution is 0.0927. The number of rotatable bonds is 3. The van der Waals surface area contributed by atoms with Crippen LogP contribution >= 0.6 is 0 Å². The van der Waals surface area contributed by atoms with Crippen molar-refractivity contribution in [2.24, 2.45) is 0 Å². The summed E-state index contributed by atoms with van der Waals surface area (Å²) in [5.41, 5.74) is 8.67. The number of hydrogen-bond acceptors (Lipinski definition) is 5. The van der Waals surface area contributed by atoms with Gasteiger partial charge in [0, 0.05) is 30.6 Å². The summed E-state index contributed by atoms with van der Waals surface area (Å²) in [7, 11) is 0. The molecule has 2 aromatic rings. The molecule has 0 aliphatic carbocycles.